The number of hydrogen-bond acceptors (Lipinski definition) is 3. The first-order chi connectivity index (χ1) is 6.08. The number of nitrogens with zero attached hydrogens (tertiary/aromatic N) is 2. The summed E-state index contributed by atoms with van der Waals surface area (Å²) in [7, 11) is 0. The van der Waals surface area contributed by atoms with Gasteiger partial charge in [0.05, 0.1) is 0 Å². The van der Waals surface area contributed by atoms with Crippen LogP contribution in [0.15, 0.2) is 6.07 Å². The molecule has 0 fully saturated rings. The molecule has 0 aliphatic carbocycles. The minimum atomic E-state index is 0.256. The van der Waals surface area contributed by atoms with Gasteiger partial charge >= 0.3 is 0 Å². The molecule has 0 saturated carbocycles. The quantitative estimate of drug-likeness (QED) is 0.761. The molecule has 0 aliphatic rings. The van der Waals surface area contributed by atoms with Gasteiger partial charge in [-0.1, -0.05) is 25.4 Å². The van der Waals surface area contributed by atoms with E-state index in [0.29, 0.717) is 11.1 Å². The predicted molar refractivity (Wildman–Crippen MR) is 54.6 cm³/mol. The predicted octanol–water partition coefficient (Wildman–Crippen LogP) is 2.30. The second kappa shape index (κ2) is 4.42. The van der Waals surface area contributed by atoms with Crippen molar-refractivity contribution in [3.05, 3.63) is 16.9 Å². The van der Waals surface area contributed by atoms with Crippen molar-refractivity contribution < 1.29 is 0 Å². The molecule has 4 heteroatoms. The van der Waals surface area contributed by atoms with Crippen LogP contribution >= 0.6 is 11.6 Å². The number of nitrogen functional groups attached to an aromatic ring is 1. The monoisotopic (exact) mass is 199 g/mol. The molecule has 3 nitrogen and oxygen atoms in total. The Kier molecular flexibility index (Phi) is 3.48. The van der Waals surface area contributed by atoms with Crippen LogP contribution in [-0.2, 0) is 6.42 Å². The maximum absolute atomic E-state index is 5.73. The fraction of sp³-hybridized carbons (Fsp3) is 0.556. The summed E-state index contributed by atoms with van der Waals surface area (Å²) in [6.45, 7) is 4.35. The molecule has 1 heterocycles. The molecule has 13 heavy (non-hydrogen) atoms. The first-order valence-electron chi connectivity index (χ1n) is 4.37. The summed E-state index contributed by atoms with van der Waals surface area (Å²) in [4.78, 5) is 7.88. The molecule has 0 amide bonds. The Labute approximate surface area is 83.3 Å². The van der Waals surface area contributed by atoms with Crippen molar-refractivity contribution in [2.24, 2.45) is 5.92 Å². The van der Waals surface area contributed by atoms with Gasteiger partial charge in [-0.15, -0.1) is 0 Å². The van der Waals surface area contributed by atoms with Crippen molar-refractivity contribution in [2.75, 3.05) is 5.73 Å². The molecule has 0 radical (unpaired) electrons. The maximum atomic E-state index is 5.73. The van der Waals surface area contributed by atoms with Crippen LogP contribution in [0.3, 0.4) is 0 Å². The van der Waals surface area contributed by atoms with E-state index in [9.17, 15) is 0 Å². The van der Waals surface area contributed by atoms with Gasteiger partial charge in [0.25, 0.3) is 0 Å². The minimum absolute atomic E-state index is 0.256. The first-order valence-corrected chi connectivity index (χ1v) is 4.74. The summed E-state index contributed by atoms with van der Waals surface area (Å²) < 4.78 is 0. The van der Waals surface area contributed by atoms with Gasteiger partial charge in [-0.3, -0.25) is 0 Å². The topological polar surface area (TPSA) is 51.8 Å². The van der Waals surface area contributed by atoms with Crippen LogP contribution in [0.5, 0.6) is 0 Å². The smallest absolute Gasteiger partial charge is 0.221 e. The molecule has 0 aromatic carbocycles. The van der Waals surface area contributed by atoms with Crippen molar-refractivity contribution in [1.29, 1.82) is 0 Å². The fourth-order valence-electron chi connectivity index (χ4n) is 1.05. The Morgan fingerprint density at radius 3 is 2.69 bits per heavy atom. The van der Waals surface area contributed by atoms with Gasteiger partial charge in [0.2, 0.25) is 5.95 Å². The summed E-state index contributed by atoms with van der Waals surface area (Å²) in [6, 6.07) is 1.76. The van der Waals surface area contributed by atoms with Gasteiger partial charge in [0.1, 0.15) is 5.15 Å². The van der Waals surface area contributed by atoms with Gasteiger partial charge in [0.15, 0.2) is 0 Å². The Bertz CT molecular complexity index is 266. The lowest BCUT2D eigenvalue weighted by atomic mass is 10.1. The fourth-order valence-corrected chi connectivity index (χ4v) is 1.26. The van der Waals surface area contributed by atoms with E-state index >= 15 is 0 Å². The standard InChI is InChI=1S/C9H14ClN3/c1-6(2)3-4-7-5-8(10)13-9(11)12-7/h5-6H,3-4H2,1-2H3,(H2,11,12,13). The normalized spacial score (nSPS) is 10.8. The van der Waals surface area contributed by atoms with E-state index in [1.807, 2.05) is 0 Å². The van der Waals surface area contributed by atoms with Gasteiger partial charge in [-0.25, -0.2) is 9.97 Å². The van der Waals surface area contributed by atoms with E-state index in [-0.39, 0.29) is 5.95 Å². The SMILES string of the molecule is CC(C)CCc1cc(Cl)nc(N)n1. The molecule has 1 rings (SSSR count). The number of rotatable bonds is 3. The number of aromatic nitrogens is 2. The largest absolute Gasteiger partial charge is 0.368 e. The lowest BCUT2D eigenvalue weighted by Crippen LogP contribution is -2.01. The van der Waals surface area contributed by atoms with E-state index < -0.39 is 0 Å². The number of aryl methyl sites for hydroxylation is 1. The highest BCUT2D eigenvalue weighted by Crippen LogP contribution is 2.12. The van der Waals surface area contributed by atoms with E-state index in [2.05, 4.69) is 23.8 Å². The van der Waals surface area contributed by atoms with Crippen molar-refractivity contribution in [1.82, 2.24) is 9.97 Å². The van der Waals surface area contributed by atoms with E-state index in [1.54, 1.807) is 6.07 Å². The van der Waals surface area contributed by atoms with Crippen LogP contribution in [0.25, 0.3) is 0 Å². The zero-order valence-electron chi connectivity index (χ0n) is 7.92. The average Bonchev–Trinajstić information content (AvgIpc) is 1.99. The second-order valence-electron chi connectivity index (χ2n) is 3.47. The summed E-state index contributed by atoms with van der Waals surface area (Å²) in [6.07, 6.45) is 2.00. The van der Waals surface area contributed by atoms with Crippen LogP contribution in [0.4, 0.5) is 5.95 Å². The lowest BCUT2D eigenvalue weighted by molar-refractivity contribution is 0.581. The molecular formula is C9H14ClN3. The van der Waals surface area contributed by atoms with Crippen LogP contribution in [0.1, 0.15) is 26.0 Å². The third kappa shape index (κ3) is 3.59. The highest BCUT2D eigenvalue weighted by atomic mass is 35.5. The minimum Gasteiger partial charge on any atom is -0.368 e. The molecule has 0 spiro atoms. The van der Waals surface area contributed by atoms with Crippen molar-refractivity contribution in [3.8, 4) is 0 Å². The highest BCUT2D eigenvalue weighted by molar-refractivity contribution is 6.29. The maximum Gasteiger partial charge on any atom is 0.221 e. The Morgan fingerprint density at radius 2 is 2.15 bits per heavy atom. The summed E-state index contributed by atoms with van der Waals surface area (Å²) in [5, 5.41) is 0.422. The third-order valence-corrected chi connectivity index (χ3v) is 1.94. The van der Waals surface area contributed by atoms with E-state index in [0.717, 1.165) is 18.5 Å². The van der Waals surface area contributed by atoms with Crippen LogP contribution in [0.2, 0.25) is 5.15 Å². The molecule has 2 N–H and O–H groups in total. The summed E-state index contributed by atoms with van der Waals surface area (Å²) >= 11 is 5.73. The zero-order chi connectivity index (χ0) is 9.84. The van der Waals surface area contributed by atoms with Crippen LogP contribution in [-0.4, -0.2) is 9.97 Å². The zero-order valence-corrected chi connectivity index (χ0v) is 8.67. The van der Waals surface area contributed by atoms with E-state index in [4.69, 9.17) is 17.3 Å². The molecule has 0 bridgehead atoms. The van der Waals surface area contributed by atoms with Gasteiger partial charge in [-0.05, 0) is 24.8 Å². The van der Waals surface area contributed by atoms with Crippen molar-refractivity contribution in [2.45, 2.75) is 26.7 Å². The summed E-state index contributed by atoms with van der Waals surface area (Å²) in [5.41, 5.74) is 6.38. The molecule has 0 aliphatic heterocycles. The molecule has 0 unspecified atom stereocenters. The van der Waals surface area contributed by atoms with E-state index in [1.165, 1.54) is 0 Å². The number of anilines is 1. The first kappa shape index (κ1) is 10.3. The summed E-state index contributed by atoms with van der Waals surface area (Å²) in [5.74, 6) is 0.918. The Hall–Kier alpha value is -0.830. The molecule has 1 aromatic rings. The van der Waals surface area contributed by atoms with Crippen LogP contribution < -0.4 is 5.73 Å². The van der Waals surface area contributed by atoms with Gasteiger partial charge < -0.3 is 5.73 Å². The average molecular weight is 200 g/mol. The van der Waals surface area contributed by atoms with Gasteiger partial charge in [0, 0.05) is 5.69 Å². The highest BCUT2D eigenvalue weighted by Gasteiger charge is 2.01. The molecule has 0 saturated heterocycles. The molecular weight excluding hydrogens is 186 g/mol. The number of hydrogen-bond donors (Lipinski definition) is 1. The van der Waals surface area contributed by atoms with Crippen LogP contribution in [0, 0.1) is 5.92 Å². The molecule has 1 aromatic heterocycles. The third-order valence-electron chi connectivity index (χ3n) is 1.74. The number of halogens is 1. The Balaban J connectivity index is 2.66. The molecule has 72 valence electrons. The number of nitrogens with two attached hydrogens (primary N) is 1. The van der Waals surface area contributed by atoms with Crippen molar-refractivity contribution in [3.63, 3.8) is 0 Å². The molecule has 0 atom stereocenters. The Morgan fingerprint density at radius 1 is 1.46 bits per heavy atom. The second-order valence-corrected chi connectivity index (χ2v) is 3.86. The lowest BCUT2D eigenvalue weighted by Gasteiger charge is -2.04. The van der Waals surface area contributed by atoms with Gasteiger partial charge in [-0.2, -0.15) is 0 Å². The van der Waals surface area contributed by atoms with Crippen molar-refractivity contribution >= 4 is 17.5 Å².